The molecule has 0 saturated carbocycles. The topological polar surface area (TPSA) is 55.2 Å². The van der Waals surface area contributed by atoms with Crippen LogP contribution in [0.3, 0.4) is 0 Å². The van der Waals surface area contributed by atoms with Crippen LogP contribution < -0.4 is 5.59 Å². The van der Waals surface area contributed by atoms with Gasteiger partial charge in [-0.2, -0.15) is 0 Å². The minimum absolute atomic E-state index is 0.649. The lowest BCUT2D eigenvalue weighted by molar-refractivity contribution is 0.0607. The number of benzene rings is 2. The minimum Gasteiger partial charge on any atom is -0.387 e. The third-order valence-electron chi connectivity index (χ3n) is 4.05. The molecule has 1 N–H and O–H groups in total. The Hall–Kier alpha value is -2.77. The van der Waals surface area contributed by atoms with Crippen LogP contribution in [0.15, 0.2) is 66.0 Å². The van der Waals surface area contributed by atoms with Crippen molar-refractivity contribution in [1.82, 2.24) is 25.4 Å². The first-order valence-corrected chi connectivity index (χ1v) is 9.25. The molecular formula is C19H19N5OS. The highest BCUT2D eigenvalue weighted by atomic mass is 32.2. The fourth-order valence-electron chi connectivity index (χ4n) is 2.70. The maximum absolute atomic E-state index is 5.58. The highest BCUT2D eigenvalue weighted by Crippen LogP contribution is 2.25. The van der Waals surface area contributed by atoms with E-state index in [2.05, 4.69) is 34.8 Å². The number of thioether (sulfide) groups is 1. The second kappa shape index (κ2) is 7.23. The van der Waals surface area contributed by atoms with E-state index in [1.54, 1.807) is 11.8 Å². The van der Waals surface area contributed by atoms with E-state index in [-0.39, 0.29) is 0 Å². The molecule has 0 fully saturated rings. The van der Waals surface area contributed by atoms with Gasteiger partial charge in [0.15, 0.2) is 16.7 Å². The van der Waals surface area contributed by atoms with E-state index < -0.39 is 0 Å². The Bertz CT molecular complexity index is 938. The molecular weight excluding hydrogens is 346 g/mol. The van der Waals surface area contributed by atoms with Crippen LogP contribution in [0.5, 0.6) is 0 Å². The summed E-state index contributed by atoms with van der Waals surface area (Å²) in [6.07, 6.45) is 1.95. The summed E-state index contributed by atoms with van der Waals surface area (Å²) in [4.78, 5) is 5.58. The molecule has 1 aliphatic rings. The van der Waals surface area contributed by atoms with Crippen LogP contribution in [-0.2, 0) is 11.9 Å². The first kappa shape index (κ1) is 16.7. The summed E-state index contributed by atoms with van der Waals surface area (Å²) in [6.45, 7) is 2.07. The van der Waals surface area contributed by atoms with Gasteiger partial charge in [0.25, 0.3) is 0 Å². The van der Waals surface area contributed by atoms with Gasteiger partial charge in [0, 0.05) is 18.2 Å². The Kier molecular flexibility index (Phi) is 4.64. The minimum atomic E-state index is 0.649. The zero-order valence-corrected chi connectivity index (χ0v) is 15.4. The van der Waals surface area contributed by atoms with Gasteiger partial charge in [-0.1, -0.05) is 71.4 Å². The molecule has 0 saturated heterocycles. The van der Waals surface area contributed by atoms with E-state index in [9.17, 15) is 0 Å². The second-order valence-corrected chi connectivity index (χ2v) is 6.94. The van der Waals surface area contributed by atoms with E-state index in [1.807, 2.05) is 65.3 Å². The van der Waals surface area contributed by atoms with Crippen LogP contribution in [0, 0.1) is 6.92 Å². The van der Waals surface area contributed by atoms with Crippen molar-refractivity contribution >= 4 is 17.5 Å². The average Bonchev–Trinajstić information content (AvgIpc) is 3.28. The molecule has 0 amide bonds. The number of hydrazine groups is 1. The van der Waals surface area contributed by atoms with Crippen molar-refractivity contribution < 1.29 is 4.84 Å². The van der Waals surface area contributed by atoms with Gasteiger partial charge in [0.1, 0.15) is 0 Å². The molecule has 2 aromatic carbocycles. The third kappa shape index (κ3) is 3.44. The fraction of sp³-hybridized carbons (Fsp3) is 0.158. The Morgan fingerprint density at radius 2 is 1.85 bits per heavy atom. The molecule has 132 valence electrons. The zero-order valence-electron chi connectivity index (χ0n) is 14.6. The van der Waals surface area contributed by atoms with Crippen molar-refractivity contribution in [3.63, 3.8) is 0 Å². The molecule has 3 aromatic rings. The maximum Gasteiger partial charge on any atom is 0.193 e. The molecule has 0 bridgehead atoms. The van der Waals surface area contributed by atoms with Crippen molar-refractivity contribution in [1.29, 1.82) is 0 Å². The molecule has 0 spiro atoms. The third-order valence-corrected chi connectivity index (χ3v) is 5.07. The lowest BCUT2D eigenvalue weighted by Crippen LogP contribution is -2.27. The van der Waals surface area contributed by atoms with Crippen molar-refractivity contribution in [3.8, 4) is 11.4 Å². The van der Waals surface area contributed by atoms with Crippen molar-refractivity contribution in [2.24, 2.45) is 7.05 Å². The van der Waals surface area contributed by atoms with E-state index in [0.717, 1.165) is 27.9 Å². The van der Waals surface area contributed by atoms with Gasteiger partial charge in [0.05, 0.1) is 12.1 Å². The van der Waals surface area contributed by atoms with E-state index in [1.165, 1.54) is 5.56 Å². The van der Waals surface area contributed by atoms with E-state index in [4.69, 9.17) is 4.84 Å². The summed E-state index contributed by atoms with van der Waals surface area (Å²) in [5.41, 5.74) is 6.22. The number of nitrogens with zero attached hydrogens (tertiary/aromatic N) is 4. The summed E-state index contributed by atoms with van der Waals surface area (Å²) in [6, 6.07) is 18.3. The second-order valence-electron chi connectivity index (χ2n) is 6.03. The Morgan fingerprint density at radius 1 is 1.04 bits per heavy atom. The van der Waals surface area contributed by atoms with Crippen molar-refractivity contribution in [2.45, 2.75) is 12.1 Å². The van der Waals surface area contributed by atoms with Crippen LogP contribution in [0.25, 0.3) is 17.1 Å². The molecule has 26 heavy (non-hydrogen) atoms. The maximum atomic E-state index is 5.58. The summed E-state index contributed by atoms with van der Waals surface area (Å²) in [5.74, 6) is 2.31. The number of hydrogen-bond acceptors (Lipinski definition) is 6. The lowest BCUT2D eigenvalue weighted by Gasteiger charge is -2.12. The van der Waals surface area contributed by atoms with E-state index in [0.29, 0.717) is 5.88 Å². The van der Waals surface area contributed by atoms with Gasteiger partial charge >= 0.3 is 0 Å². The molecule has 0 atom stereocenters. The zero-order chi connectivity index (χ0) is 17.9. The standard InChI is InChI=1S/C19H19N5OS/c1-14-7-6-10-16(11-14)17-12-24(22-25-17)13-26-19-21-20-18(23(19)2)15-8-4-3-5-9-15/h3-12,22H,13H2,1-2H3. The summed E-state index contributed by atoms with van der Waals surface area (Å²) in [7, 11) is 1.98. The Morgan fingerprint density at radius 3 is 2.65 bits per heavy atom. The van der Waals surface area contributed by atoms with Crippen molar-refractivity contribution in [2.75, 3.05) is 5.88 Å². The number of nitrogens with one attached hydrogen (secondary N) is 1. The van der Waals surface area contributed by atoms with Gasteiger partial charge in [-0.3, -0.25) is 5.01 Å². The van der Waals surface area contributed by atoms with Crippen LogP contribution in [0.2, 0.25) is 0 Å². The quantitative estimate of drug-likeness (QED) is 0.698. The van der Waals surface area contributed by atoms with Gasteiger partial charge < -0.3 is 9.40 Å². The fourth-order valence-corrected chi connectivity index (χ4v) is 3.46. The smallest absolute Gasteiger partial charge is 0.193 e. The van der Waals surface area contributed by atoms with Crippen LogP contribution in [0.4, 0.5) is 0 Å². The molecule has 1 aliphatic heterocycles. The van der Waals surface area contributed by atoms with Crippen LogP contribution in [-0.4, -0.2) is 25.7 Å². The highest BCUT2D eigenvalue weighted by molar-refractivity contribution is 7.99. The summed E-state index contributed by atoms with van der Waals surface area (Å²) >= 11 is 1.59. The Labute approximate surface area is 156 Å². The summed E-state index contributed by atoms with van der Waals surface area (Å²) < 4.78 is 2.00. The lowest BCUT2D eigenvalue weighted by atomic mass is 10.1. The van der Waals surface area contributed by atoms with Gasteiger partial charge in [0.2, 0.25) is 0 Å². The molecule has 2 heterocycles. The molecule has 0 aliphatic carbocycles. The number of aryl methyl sites for hydroxylation is 1. The normalized spacial score (nSPS) is 13.6. The molecule has 0 unspecified atom stereocenters. The van der Waals surface area contributed by atoms with E-state index >= 15 is 0 Å². The SMILES string of the molecule is Cc1cccc(C2=CN(CSc3nnc(-c4ccccc4)n3C)NO2)c1. The average molecular weight is 365 g/mol. The predicted molar refractivity (Wildman–Crippen MR) is 102 cm³/mol. The highest BCUT2D eigenvalue weighted by Gasteiger charge is 2.17. The number of rotatable bonds is 5. The molecule has 7 heteroatoms. The molecule has 1 aromatic heterocycles. The molecule has 4 rings (SSSR count). The largest absolute Gasteiger partial charge is 0.387 e. The Balaban J connectivity index is 1.43. The predicted octanol–water partition coefficient (Wildman–Crippen LogP) is 3.59. The first-order valence-electron chi connectivity index (χ1n) is 8.26. The molecule has 0 radical (unpaired) electrons. The summed E-state index contributed by atoms with van der Waals surface area (Å²) in [5, 5.41) is 11.3. The van der Waals surface area contributed by atoms with Gasteiger partial charge in [-0.05, 0) is 13.0 Å². The van der Waals surface area contributed by atoms with Crippen LogP contribution in [0.1, 0.15) is 11.1 Å². The monoisotopic (exact) mass is 365 g/mol. The van der Waals surface area contributed by atoms with Crippen LogP contribution >= 0.6 is 11.8 Å². The first-order chi connectivity index (χ1) is 12.7. The molecule has 6 nitrogen and oxygen atoms in total. The number of hydrogen-bond donors (Lipinski definition) is 1. The van der Waals surface area contributed by atoms with Crippen molar-refractivity contribution in [3.05, 3.63) is 71.9 Å². The van der Waals surface area contributed by atoms with Gasteiger partial charge in [-0.15, -0.1) is 10.2 Å². The van der Waals surface area contributed by atoms with Gasteiger partial charge in [-0.25, -0.2) is 0 Å². The number of aromatic nitrogens is 3.